The van der Waals surface area contributed by atoms with Gasteiger partial charge in [0.2, 0.25) is 0 Å². The predicted molar refractivity (Wildman–Crippen MR) is 75.1 cm³/mol. The monoisotopic (exact) mass is 353 g/mol. The molecule has 2 rings (SSSR count). The number of hydrogen-bond acceptors (Lipinski definition) is 4. The summed E-state index contributed by atoms with van der Waals surface area (Å²) in [7, 11) is 0. The zero-order valence-electron chi connectivity index (χ0n) is 10.1. The average Bonchev–Trinajstić information content (AvgIpc) is 2.82. The number of rotatable bonds is 4. The summed E-state index contributed by atoms with van der Waals surface area (Å²) in [6.07, 6.45) is -4.77. The van der Waals surface area contributed by atoms with Crippen molar-refractivity contribution in [1.82, 2.24) is 4.98 Å². The summed E-state index contributed by atoms with van der Waals surface area (Å²) in [4.78, 5) is 14.3. The lowest BCUT2D eigenvalue weighted by molar-refractivity contribution is -0.141. The first kappa shape index (κ1) is 16.1. The van der Waals surface area contributed by atoms with Gasteiger partial charge in [-0.2, -0.15) is 13.2 Å². The van der Waals surface area contributed by atoms with Crippen LogP contribution in [-0.4, -0.2) is 16.1 Å². The average molecular weight is 354 g/mol. The minimum Gasteiger partial charge on any atom is -0.477 e. The first-order valence-corrected chi connectivity index (χ1v) is 7.64. The highest BCUT2D eigenvalue weighted by Gasteiger charge is 2.39. The second-order valence-corrected chi connectivity index (χ2v) is 6.40. The number of aromatic carboxylic acids is 1. The Balaban J connectivity index is 2.17. The number of aromatic nitrogens is 1. The molecule has 1 aromatic heterocycles. The van der Waals surface area contributed by atoms with Crippen molar-refractivity contribution >= 4 is 40.7 Å². The fraction of sp³-hybridized carbons (Fsp3) is 0.167. The summed E-state index contributed by atoms with van der Waals surface area (Å²) in [5, 5.41) is 9.47. The number of carboxylic acids is 1. The van der Waals surface area contributed by atoms with E-state index in [1.165, 1.54) is 11.8 Å². The number of thiazole rings is 1. The Kier molecular flexibility index (Phi) is 4.80. The van der Waals surface area contributed by atoms with Crippen molar-refractivity contribution in [3.05, 3.63) is 44.9 Å². The lowest BCUT2D eigenvalue weighted by Crippen LogP contribution is -2.11. The van der Waals surface area contributed by atoms with E-state index in [4.69, 9.17) is 16.7 Å². The summed E-state index contributed by atoms with van der Waals surface area (Å²) in [6.45, 7) is 0. The van der Waals surface area contributed by atoms with Crippen LogP contribution in [-0.2, 0) is 11.9 Å². The van der Waals surface area contributed by atoms with Crippen LogP contribution in [0.1, 0.15) is 20.4 Å². The standard InChI is InChI=1S/C12H7ClF3NO2S2/c13-6-1-3-7(4-2-6)20-5-8-17-10(12(14,15)16)9(21-8)11(18)19/h1-4H,5H2,(H,18,19). The van der Waals surface area contributed by atoms with Crippen molar-refractivity contribution in [3.63, 3.8) is 0 Å². The van der Waals surface area contributed by atoms with Gasteiger partial charge in [0.25, 0.3) is 0 Å². The van der Waals surface area contributed by atoms with Crippen LogP contribution in [0.25, 0.3) is 0 Å². The Labute approximate surface area is 130 Å². The Morgan fingerprint density at radius 3 is 2.43 bits per heavy atom. The van der Waals surface area contributed by atoms with Gasteiger partial charge in [0.1, 0.15) is 9.88 Å². The number of halogens is 4. The molecule has 0 aliphatic heterocycles. The quantitative estimate of drug-likeness (QED) is 0.802. The Morgan fingerprint density at radius 1 is 1.33 bits per heavy atom. The summed E-state index contributed by atoms with van der Waals surface area (Å²) < 4.78 is 38.1. The molecule has 0 amide bonds. The maximum absolute atomic E-state index is 12.7. The van der Waals surface area contributed by atoms with Crippen molar-refractivity contribution in [1.29, 1.82) is 0 Å². The van der Waals surface area contributed by atoms with Gasteiger partial charge in [0.15, 0.2) is 5.69 Å². The maximum Gasteiger partial charge on any atom is 0.435 e. The van der Waals surface area contributed by atoms with E-state index < -0.39 is 22.7 Å². The lowest BCUT2D eigenvalue weighted by Gasteiger charge is -2.02. The molecule has 2 aromatic rings. The van der Waals surface area contributed by atoms with Crippen LogP contribution < -0.4 is 0 Å². The number of nitrogens with zero attached hydrogens (tertiary/aromatic N) is 1. The fourth-order valence-electron chi connectivity index (χ4n) is 1.44. The molecule has 1 aromatic carbocycles. The lowest BCUT2D eigenvalue weighted by atomic mass is 10.3. The van der Waals surface area contributed by atoms with Gasteiger partial charge in [-0.15, -0.1) is 23.1 Å². The highest BCUT2D eigenvalue weighted by Crippen LogP contribution is 2.36. The molecule has 1 N–H and O–H groups in total. The third kappa shape index (κ3) is 4.12. The molecule has 9 heteroatoms. The van der Waals surface area contributed by atoms with Crippen LogP contribution >= 0.6 is 34.7 Å². The van der Waals surface area contributed by atoms with Crippen LogP contribution in [0.15, 0.2) is 29.2 Å². The number of thioether (sulfide) groups is 1. The Hall–Kier alpha value is -1.25. The summed E-state index contributed by atoms with van der Waals surface area (Å²) >= 11 is 7.52. The molecule has 0 aliphatic rings. The van der Waals surface area contributed by atoms with Crippen LogP contribution in [0.4, 0.5) is 13.2 Å². The number of alkyl halides is 3. The molecule has 112 valence electrons. The van der Waals surface area contributed by atoms with E-state index in [9.17, 15) is 18.0 Å². The molecule has 21 heavy (non-hydrogen) atoms. The Bertz CT molecular complexity index is 656. The Morgan fingerprint density at radius 2 is 1.95 bits per heavy atom. The van der Waals surface area contributed by atoms with Gasteiger partial charge in [0.05, 0.1) is 5.75 Å². The zero-order valence-corrected chi connectivity index (χ0v) is 12.5. The van der Waals surface area contributed by atoms with Gasteiger partial charge in [-0.1, -0.05) is 11.6 Å². The summed E-state index contributed by atoms with van der Waals surface area (Å²) in [5.41, 5.74) is -1.34. The molecule has 0 unspecified atom stereocenters. The highest BCUT2D eigenvalue weighted by atomic mass is 35.5. The summed E-state index contributed by atoms with van der Waals surface area (Å²) in [6, 6.07) is 6.78. The van der Waals surface area contributed by atoms with Crippen LogP contribution in [0, 0.1) is 0 Å². The molecule has 0 bridgehead atoms. The third-order valence-electron chi connectivity index (χ3n) is 2.31. The molecule has 0 saturated heterocycles. The minimum absolute atomic E-state index is 0.111. The van der Waals surface area contributed by atoms with E-state index in [0.29, 0.717) is 16.4 Å². The first-order chi connectivity index (χ1) is 9.77. The van der Waals surface area contributed by atoms with Crippen molar-refractivity contribution in [2.45, 2.75) is 16.8 Å². The minimum atomic E-state index is -4.77. The van der Waals surface area contributed by atoms with Gasteiger partial charge in [-0.3, -0.25) is 0 Å². The topological polar surface area (TPSA) is 50.2 Å². The molecular weight excluding hydrogens is 347 g/mol. The normalized spacial score (nSPS) is 11.6. The van der Waals surface area contributed by atoms with Crippen molar-refractivity contribution < 1.29 is 23.1 Å². The second-order valence-electron chi connectivity index (χ2n) is 3.83. The van der Waals surface area contributed by atoms with E-state index in [2.05, 4.69) is 4.98 Å². The van der Waals surface area contributed by atoms with Gasteiger partial charge in [-0.25, -0.2) is 9.78 Å². The van der Waals surface area contributed by atoms with Gasteiger partial charge < -0.3 is 5.11 Å². The zero-order chi connectivity index (χ0) is 15.6. The van der Waals surface area contributed by atoms with E-state index >= 15 is 0 Å². The predicted octanol–water partition coefficient (Wildman–Crippen LogP) is 4.81. The molecule has 0 radical (unpaired) electrons. The SMILES string of the molecule is O=C(O)c1sc(CSc2ccc(Cl)cc2)nc1C(F)(F)F. The first-order valence-electron chi connectivity index (χ1n) is 5.46. The molecule has 0 fully saturated rings. The van der Waals surface area contributed by atoms with Gasteiger partial charge >= 0.3 is 12.1 Å². The van der Waals surface area contributed by atoms with Gasteiger partial charge in [0, 0.05) is 9.92 Å². The van der Waals surface area contributed by atoms with Crippen molar-refractivity contribution in [2.75, 3.05) is 0 Å². The van der Waals surface area contributed by atoms with Crippen LogP contribution in [0.5, 0.6) is 0 Å². The molecule has 3 nitrogen and oxygen atoms in total. The van der Waals surface area contributed by atoms with Crippen molar-refractivity contribution in [2.24, 2.45) is 0 Å². The fourth-order valence-corrected chi connectivity index (χ4v) is 3.38. The third-order valence-corrected chi connectivity index (χ3v) is 4.81. The largest absolute Gasteiger partial charge is 0.477 e. The van der Waals surface area contributed by atoms with E-state index in [0.717, 1.165) is 4.90 Å². The molecule has 0 spiro atoms. The van der Waals surface area contributed by atoms with E-state index in [-0.39, 0.29) is 10.8 Å². The molecule has 0 atom stereocenters. The van der Waals surface area contributed by atoms with E-state index in [1.807, 2.05) is 0 Å². The highest BCUT2D eigenvalue weighted by molar-refractivity contribution is 7.98. The van der Waals surface area contributed by atoms with E-state index in [1.54, 1.807) is 24.3 Å². The molecule has 1 heterocycles. The molecule has 0 aliphatic carbocycles. The van der Waals surface area contributed by atoms with Crippen LogP contribution in [0.3, 0.4) is 0 Å². The van der Waals surface area contributed by atoms with Crippen molar-refractivity contribution in [3.8, 4) is 0 Å². The second kappa shape index (κ2) is 6.25. The number of benzene rings is 1. The molecule has 0 saturated carbocycles. The van der Waals surface area contributed by atoms with Crippen LogP contribution in [0.2, 0.25) is 5.02 Å². The summed E-state index contributed by atoms with van der Waals surface area (Å²) in [5.74, 6) is -1.47. The number of hydrogen-bond donors (Lipinski definition) is 1. The molecular formula is C12H7ClF3NO2S2. The van der Waals surface area contributed by atoms with Gasteiger partial charge in [-0.05, 0) is 24.3 Å². The number of carboxylic acid groups (broad SMARTS) is 1. The number of carbonyl (C=O) groups is 1. The maximum atomic E-state index is 12.7. The smallest absolute Gasteiger partial charge is 0.435 e.